The average Bonchev–Trinajstić information content (AvgIpc) is 2.82. The van der Waals surface area contributed by atoms with Crippen molar-refractivity contribution in [1.82, 2.24) is 4.98 Å². The van der Waals surface area contributed by atoms with Gasteiger partial charge in [0.25, 0.3) is 0 Å². The van der Waals surface area contributed by atoms with Gasteiger partial charge in [0.05, 0.1) is 4.47 Å². The van der Waals surface area contributed by atoms with Crippen LogP contribution in [-0.4, -0.2) is 15.2 Å². The van der Waals surface area contributed by atoms with Gasteiger partial charge in [-0.25, -0.2) is 9.37 Å². The van der Waals surface area contributed by atoms with Crippen molar-refractivity contribution in [1.29, 1.82) is 0 Å². The summed E-state index contributed by atoms with van der Waals surface area (Å²) in [5.74, 6) is -0.926. The fraction of sp³-hybridized carbons (Fsp3) is 0. The van der Waals surface area contributed by atoms with E-state index in [0.717, 1.165) is 6.07 Å². The predicted octanol–water partition coefficient (Wildman–Crippen LogP) is 3.81. The van der Waals surface area contributed by atoms with Crippen molar-refractivity contribution in [2.75, 3.05) is 0 Å². The first-order valence-electron chi connectivity index (χ1n) is 5.33. The number of nitrogens with zero attached hydrogens (tertiary/aromatic N) is 1. The number of hydrogen-bond acceptors (Lipinski definition) is 4. The highest BCUT2D eigenvalue weighted by Crippen LogP contribution is 2.35. The quantitative estimate of drug-likeness (QED) is 0.714. The molecule has 2 N–H and O–H groups in total. The zero-order valence-corrected chi connectivity index (χ0v) is 11.0. The molecule has 1 aromatic heterocycles. The molecule has 0 atom stereocenters. The number of phenols is 2. The van der Waals surface area contributed by atoms with Crippen LogP contribution in [0.4, 0.5) is 4.39 Å². The number of benzene rings is 2. The second-order valence-electron chi connectivity index (χ2n) is 3.93. The normalized spacial score (nSPS) is 11.1. The second kappa shape index (κ2) is 4.24. The highest BCUT2D eigenvalue weighted by Gasteiger charge is 2.14. The van der Waals surface area contributed by atoms with Crippen LogP contribution >= 0.6 is 15.9 Å². The molecule has 3 aromatic rings. The Labute approximate surface area is 115 Å². The fourth-order valence-electron chi connectivity index (χ4n) is 1.71. The van der Waals surface area contributed by atoms with Gasteiger partial charge in [0.2, 0.25) is 5.89 Å². The number of aromatic nitrogens is 1. The van der Waals surface area contributed by atoms with Crippen LogP contribution < -0.4 is 0 Å². The van der Waals surface area contributed by atoms with Gasteiger partial charge in [-0.3, -0.25) is 0 Å². The minimum absolute atomic E-state index is 0.0456. The minimum Gasteiger partial charge on any atom is -0.507 e. The van der Waals surface area contributed by atoms with E-state index in [1.807, 2.05) is 0 Å². The first-order valence-corrected chi connectivity index (χ1v) is 6.12. The van der Waals surface area contributed by atoms with Gasteiger partial charge in [0, 0.05) is 5.56 Å². The Kier molecular flexibility index (Phi) is 2.67. The summed E-state index contributed by atoms with van der Waals surface area (Å²) in [6.45, 7) is 0. The van der Waals surface area contributed by atoms with Crippen LogP contribution in [0.25, 0.3) is 22.6 Å². The first kappa shape index (κ1) is 12.0. The van der Waals surface area contributed by atoms with E-state index in [1.54, 1.807) is 6.07 Å². The SMILES string of the molecule is Oc1ccc(-c2nc3c(Br)c(O)ccc3o2)cc1F. The molecular formula is C13H7BrFNO3. The molecule has 0 saturated heterocycles. The number of hydrogen-bond donors (Lipinski definition) is 2. The number of aromatic hydroxyl groups is 2. The maximum absolute atomic E-state index is 13.3. The number of halogens is 2. The summed E-state index contributed by atoms with van der Waals surface area (Å²) < 4.78 is 19.2. The minimum atomic E-state index is -0.748. The van der Waals surface area contributed by atoms with Gasteiger partial charge in [0.15, 0.2) is 17.1 Å². The van der Waals surface area contributed by atoms with Crippen LogP contribution in [-0.2, 0) is 0 Å². The number of oxazole rings is 1. The summed E-state index contributed by atoms with van der Waals surface area (Å²) in [7, 11) is 0. The van der Waals surface area contributed by atoms with Gasteiger partial charge in [-0.15, -0.1) is 0 Å². The van der Waals surface area contributed by atoms with E-state index < -0.39 is 11.6 Å². The summed E-state index contributed by atoms with van der Waals surface area (Å²) >= 11 is 3.21. The van der Waals surface area contributed by atoms with Crippen molar-refractivity contribution in [2.24, 2.45) is 0 Å². The maximum Gasteiger partial charge on any atom is 0.227 e. The molecule has 0 radical (unpaired) electrons. The molecule has 0 saturated carbocycles. The Bertz CT molecular complexity index is 785. The molecule has 19 heavy (non-hydrogen) atoms. The Morgan fingerprint density at radius 3 is 2.58 bits per heavy atom. The lowest BCUT2D eigenvalue weighted by atomic mass is 10.2. The molecule has 4 nitrogen and oxygen atoms in total. The Balaban J connectivity index is 2.20. The van der Waals surface area contributed by atoms with Gasteiger partial charge in [-0.2, -0.15) is 0 Å². The number of phenolic OH excluding ortho intramolecular Hbond substituents is 2. The van der Waals surface area contributed by atoms with Crippen LogP contribution in [0.2, 0.25) is 0 Å². The van der Waals surface area contributed by atoms with E-state index in [-0.39, 0.29) is 11.6 Å². The molecule has 2 aromatic carbocycles. The van der Waals surface area contributed by atoms with Crippen molar-refractivity contribution >= 4 is 27.0 Å². The third-order valence-corrected chi connectivity index (χ3v) is 3.46. The number of fused-ring (bicyclic) bond motifs is 1. The van der Waals surface area contributed by atoms with E-state index in [1.165, 1.54) is 18.2 Å². The van der Waals surface area contributed by atoms with Crippen molar-refractivity contribution < 1.29 is 19.0 Å². The first-order chi connectivity index (χ1) is 9.06. The van der Waals surface area contributed by atoms with E-state index >= 15 is 0 Å². The molecule has 0 spiro atoms. The molecular weight excluding hydrogens is 317 g/mol. The second-order valence-corrected chi connectivity index (χ2v) is 4.72. The van der Waals surface area contributed by atoms with Crippen LogP contribution in [0.1, 0.15) is 0 Å². The predicted molar refractivity (Wildman–Crippen MR) is 70.4 cm³/mol. The van der Waals surface area contributed by atoms with Gasteiger partial charge < -0.3 is 14.6 Å². The van der Waals surface area contributed by atoms with Gasteiger partial charge in [0.1, 0.15) is 11.3 Å². The Morgan fingerprint density at radius 2 is 1.84 bits per heavy atom. The topological polar surface area (TPSA) is 66.5 Å². The molecule has 0 fully saturated rings. The smallest absolute Gasteiger partial charge is 0.227 e. The molecule has 0 amide bonds. The van der Waals surface area contributed by atoms with E-state index in [9.17, 15) is 9.50 Å². The van der Waals surface area contributed by atoms with Gasteiger partial charge in [-0.05, 0) is 46.3 Å². The fourth-order valence-corrected chi connectivity index (χ4v) is 2.13. The molecule has 96 valence electrons. The lowest BCUT2D eigenvalue weighted by Gasteiger charge is -1.97. The van der Waals surface area contributed by atoms with Crippen molar-refractivity contribution in [3.05, 3.63) is 40.6 Å². The Morgan fingerprint density at radius 1 is 1.11 bits per heavy atom. The molecule has 6 heteroatoms. The van der Waals surface area contributed by atoms with Crippen molar-refractivity contribution in [2.45, 2.75) is 0 Å². The monoisotopic (exact) mass is 323 g/mol. The van der Waals surface area contributed by atoms with Crippen molar-refractivity contribution in [3.8, 4) is 23.0 Å². The molecule has 1 heterocycles. The molecule has 0 unspecified atom stereocenters. The molecule has 0 bridgehead atoms. The molecule has 0 aliphatic carbocycles. The largest absolute Gasteiger partial charge is 0.507 e. The number of rotatable bonds is 1. The van der Waals surface area contributed by atoms with E-state index in [0.29, 0.717) is 21.1 Å². The third kappa shape index (κ3) is 1.94. The van der Waals surface area contributed by atoms with E-state index in [2.05, 4.69) is 20.9 Å². The van der Waals surface area contributed by atoms with Crippen molar-refractivity contribution in [3.63, 3.8) is 0 Å². The highest BCUT2D eigenvalue weighted by molar-refractivity contribution is 9.10. The summed E-state index contributed by atoms with van der Waals surface area (Å²) in [4.78, 5) is 4.19. The third-order valence-electron chi connectivity index (χ3n) is 2.67. The summed E-state index contributed by atoms with van der Waals surface area (Å²) in [5, 5.41) is 18.7. The standard InChI is InChI=1S/C13H7BrFNO3/c14-11-9(18)3-4-10-12(11)16-13(19-10)6-1-2-8(17)7(15)5-6/h1-5,17-18H. The van der Waals surface area contributed by atoms with Gasteiger partial charge in [-0.1, -0.05) is 0 Å². The molecule has 0 aliphatic rings. The average molecular weight is 324 g/mol. The zero-order valence-electron chi connectivity index (χ0n) is 9.39. The van der Waals surface area contributed by atoms with Crippen LogP contribution in [0.3, 0.4) is 0 Å². The maximum atomic E-state index is 13.3. The highest BCUT2D eigenvalue weighted by atomic mass is 79.9. The van der Waals surface area contributed by atoms with E-state index in [4.69, 9.17) is 9.52 Å². The van der Waals surface area contributed by atoms with Crippen LogP contribution in [0, 0.1) is 5.82 Å². The lowest BCUT2D eigenvalue weighted by Crippen LogP contribution is -1.81. The van der Waals surface area contributed by atoms with Crippen LogP contribution in [0.15, 0.2) is 39.2 Å². The zero-order chi connectivity index (χ0) is 13.6. The lowest BCUT2D eigenvalue weighted by molar-refractivity contribution is 0.432. The molecule has 0 aliphatic heterocycles. The van der Waals surface area contributed by atoms with Gasteiger partial charge >= 0.3 is 0 Å². The van der Waals surface area contributed by atoms with Crippen LogP contribution in [0.5, 0.6) is 11.5 Å². The Hall–Kier alpha value is -2.08. The molecule has 3 rings (SSSR count). The summed E-state index contributed by atoms with van der Waals surface area (Å²) in [5.41, 5.74) is 1.31. The summed E-state index contributed by atoms with van der Waals surface area (Å²) in [6, 6.07) is 6.90. The summed E-state index contributed by atoms with van der Waals surface area (Å²) in [6.07, 6.45) is 0.